The fraction of sp³-hybridized carbons (Fsp3) is 0.533. The van der Waals surface area contributed by atoms with Gasteiger partial charge in [0, 0.05) is 44.7 Å². The molecule has 1 fully saturated rings. The summed E-state index contributed by atoms with van der Waals surface area (Å²) < 4.78 is 7.35. The minimum absolute atomic E-state index is 0.339. The highest BCUT2D eigenvalue weighted by Gasteiger charge is 2.14. The maximum atomic E-state index is 5.47. The van der Waals surface area contributed by atoms with Crippen molar-refractivity contribution in [1.82, 2.24) is 19.7 Å². The Bertz CT molecular complexity index is 593. The highest BCUT2D eigenvalue weighted by atomic mass is 16.5. The molecule has 1 saturated heterocycles. The van der Waals surface area contributed by atoms with E-state index in [-0.39, 0.29) is 0 Å². The number of aryl methyl sites for hydroxylation is 1. The summed E-state index contributed by atoms with van der Waals surface area (Å²) in [5, 5.41) is 10.8. The molecule has 0 unspecified atom stereocenters. The molecule has 1 aliphatic heterocycles. The van der Waals surface area contributed by atoms with E-state index in [0.717, 1.165) is 44.8 Å². The first-order chi connectivity index (χ1) is 10.8. The highest BCUT2D eigenvalue weighted by Crippen LogP contribution is 2.13. The molecule has 7 heteroatoms. The summed E-state index contributed by atoms with van der Waals surface area (Å²) in [6.45, 7) is 2.38. The van der Waals surface area contributed by atoms with E-state index in [0.29, 0.717) is 12.0 Å². The van der Waals surface area contributed by atoms with Crippen molar-refractivity contribution in [3.8, 4) is 0 Å². The predicted molar refractivity (Wildman–Crippen MR) is 84.9 cm³/mol. The van der Waals surface area contributed by atoms with Crippen molar-refractivity contribution in [2.24, 2.45) is 7.05 Å². The molecule has 0 amide bonds. The Morgan fingerprint density at radius 1 is 1.36 bits per heavy atom. The van der Waals surface area contributed by atoms with Crippen LogP contribution in [0.5, 0.6) is 0 Å². The van der Waals surface area contributed by atoms with Gasteiger partial charge in [0.25, 0.3) is 0 Å². The number of nitrogens with one attached hydrogen (secondary N) is 2. The van der Waals surface area contributed by atoms with Crippen LogP contribution in [0.15, 0.2) is 24.5 Å². The third-order valence-electron chi connectivity index (χ3n) is 3.75. The first-order valence-corrected chi connectivity index (χ1v) is 7.69. The molecular weight excluding hydrogens is 280 g/mol. The van der Waals surface area contributed by atoms with Crippen molar-refractivity contribution >= 4 is 11.8 Å². The second kappa shape index (κ2) is 7.22. The van der Waals surface area contributed by atoms with E-state index in [1.165, 1.54) is 5.69 Å². The maximum Gasteiger partial charge on any atom is 0.224 e. The summed E-state index contributed by atoms with van der Waals surface area (Å²) in [5.74, 6) is 1.48. The molecule has 7 nitrogen and oxygen atoms in total. The summed E-state index contributed by atoms with van der Waals surface area (Å²) in [6.07, 6.45) is 6.67. The van der Waals surface area contributed by atoms with Gasteiger partial charge in [-0.3, -0.25) is 4.68 Å². The second-order valence-electron chi connectivity index (χ2n) is 5.45. The largest absolute Gasteiger partial charge is 0.379 e. The first-order valence-electron chi connectivity index (χ1n) is 7.69. The van der Waals surface area contributed by atoms with E-state index in [9.17, 15) is 0 Å². The molecule has 118 valence electrons. The zero-order chi connectivity index (χ0) is 15.2. The van der Waals surface area contributed by atoms with Crippen LogP contribution < -0.4 is 10.6 Å². The number of hydrogen-bond acceptors (Lipinski definition) is 6. The monoisotopic (exact) mass is 302 g/mol. The Morgan fingerprint density at radius 3 is 3.09 bits per heavy atom. The van der Waals surface area contributed by atoms with Crippen LogP contribution in [0.4, 0.5) is 11.8 Å². The minimum atomic E-state index is 0.339. The first kappa shape index (κ1) is 14.8. The van der Waals surface area contributed by atoms with Gasteiger partial charge in [0.15, 0.2) is 0 Å². The molecule has 0 aliphatic carbocycles. The van der Waals surface area contributed by atoms with Gasteiger partial charge in [-0.05, 0) is 25.0 Å². The molecule has 0 bridgehead atoms. The number of anilines is 2. The van der Waals surface area contributed by atoms with Gasteiger partial charge < -0.3 is 15.4 Å². The molecular formula is C15H22N6O. The van der Waals surface area contributed by atoms with Crippen LogP contribution in [0.25, 0.3) is 0 Å². The molecule has 0 spiro atoms. The van der Waals surface area contributed by atoms with E-state index >= 15 is 0 Å². The lowest BCUT2D eigenvalue weighted by molar-refractivity contribution is 0.0875. The molecule has 0 saturated carbocycles. The standard InChI is InChI=1S/C15H22N6O/c1-21-13(5-9-18-21)4-7-16-15-17-8-6-14(20-15)19-12-3-2-10-22-11-12/h5-6,8-9,12H,2-4,7,10-11H2,1H3,(H2,16,17,19,20)/t12-/m0/s1. The van der Waals surface area contributed by atoms with Gasteiger partial charge >= 0.3 is 0 Å². The van der Waals surface area contributed by atoms with Gasteiger partial charge in [-0.15, -0.1) is 0 Å². The van der Waals surface area contributed by atoms with Gasteiger partial charge in [0.1, 0.15) is 5.82 Å². The Morgan fingerprint density at radius 2 is 2.32 bits per heavy atom. The molecule has 22 heavy (non-hydrogen) atoms. The predicted octanol–water partition coefficient (Wildman–Crippen LogP) is 1.46. The molecule has 2 N–H and O–H groups in total. The third kappa shape index (κ3) is 3.94. The van der Waals surface area contributed by atoms with Gasteiger partial charge in [0.2, 0.25) is 5.95 Å². The smallest absolute Gasteiger partial charge is 0.224 e. The zero-order valence-electron chi connectivity index (χ0n) is 12.8. The molecule has 3 heterocycles. The van der Waals surface area contributed by atoms with Crippen LogP contribution in [0.2, 0.25) is 0 Å². The average Bonchev–Trinajstić information content (AvgIpc) is 2.94. The maximum absolute atomic E-state index is 5.47. The Kier molecular flexibility index (Phi) is 4.85. The Balaban J connectivity index is 1.51. The number of hydrogen-bond donors (Lipinski definition) is 2. The number of rotatable bonds is 6. The van der Waals surface area contributed by atoms with Crippen LogP contribution in [-0.4, -0.2) is 45.5 Å². The van der Waals surface area contributed by atoms with Crippen molar-refractivity contribution in [3.63, 3.8) is 0 Å². The SMILES string of the molecule is Cn1nccc1CCNc1nccc(N[C@H]2CCCOC2)n1. The van der Waals surface area contributed by atoms with Crippen LogP contribution in [0.1, 0.15) is 18.5 Å². The fourth-order valence-electron chi connectivity index (χ4n) is 2.54. The number of nitrogens with zero attached hydrogens (tertiary/aromatic N) is 4. The van der Waals surface area contributed by atoms with E-state index in [2.05, 4.69) is 25.7 Å². The summed E-state index contributed by atoms with van der Waals surface area (Å²) in [7, 11) is 1.95. The van der Waals surface area contributed by atoms with Crippen LogP contribution in [0.3, 0.4) is 0 Å². The third-order valence-corrected chi connectivity index (χ3v) is 3.75. The normalized spacial score (nSPS) is 18.1. The quantitative estimate of drug-likeness (QED) is 0.841. The van der Waals surface area contributed by atoms with E-state index in [4.69, 9.17) is 4.74 Å². The second-order valence-corrected chi connectivity index (χ2v) is 5.45. The number of aromatic nitrogens is 4. The van der Waals surface area contributed by atoms with E-state index < -0.39 is 0 Å². The summed E-state index contributed by atoms with van der Waals surface area (Å²) in [5.41, 5.74) is 1.18. The topological polar surface area (TPSA) is 76.9 Å². The molecule has 1 aliphatic rings. The molecule has 0 aromatic carbocycles. The Hall–Kier alpha value is -2.15. The highest BCUT2D eigenvalue weighted by molar-refractivity contribution is 5.40. The summed E-state index contributed by atoms with van der Waals surface area (Å²) in [4.78, 5) is 8.75. The van der Waals surface area contributed by atoms with Crippen molar-refractivity contribution in [2.75, 3.05) is 30.4 Å². The van der Waals surface area contributed by atoms with Crippen LogP contribution in [-0.2, 0) is 18.2 Å². The lowest BCUT2D eigenvalue weighted by Crippen LogP contribution is -2.30. The van der Waals surface area contributed by atoms with Crippen molar-refractivity contribution in [1.29, 1.82) is 0 Å². The lowest BCUT2D eigenvalue weighted by Gasteiger charge is -2.23. The van der Waals surface area contributed by atoms with Crippen LogP contribution in [0, 0.1) is 0 Å². The molecule has 1 atom stereocenters. The van der Waals surface area contributed by atoms with Crippen molar-refractivity contribution < 1.29 is 4.74 Å². The lowest BCUT2D eigenvalue weighted by atomic mass is 10.1. The van der Waals surface area contributed by atoms with Crippen molar-refractivity contribution in [3.05, 3.63) is 30.2 Å². The fourth-order valence-corrected chi connectivity index (χ4v) is 2.54. The zero-order valence-corrected chi connectivity index (χ0v) is 12.8. The number of ether oxygens (including phenoxy) is 1. The van der Waals surface area contributed by atoms with Gasteiger partial charge in [-0.25, -0.2) is 4.98 Å². The molecule has 0 radical (unpaired) electrons. The van der Waals surface area contributed by atoms with E-state index in [1.807, 2.05) is 30.1 Å². The van der Waals surface area contributed by atoms with Gasteiger partial charge in [-0.2, -0.15) is 10.1 Å². The minimum Gasteiger partial charge on any atom is -0.379 e. The molecule has 2 aromatic rings. The summed E-state index contributed by atoms with van der Waals surface area (Å²) in [6, 6.07) is 4.25. The Labute approximate surface area is 130 Å². The summed E-state index contributed by atoms with van der Waals surface area (Å²) >= 11 is 0. The van der Waals surface area contributed by atoms with Crippen molar-refractivity contribution in [2.45, 2.75) is 25.3 Å². The molecule has 3 rings (SSSR count). The van der Waals surface area contributed by atoms with Gasteiger partial charge in [-0.1, -0.05) is 0 Å². The van der Waals surface area contributed by atoms with Gasteiger partial charge in [0.05, 0.1) is 12.6 Å². The molecule has 2 aromatic heterocycles. The van der Waals surface area contributed by atoms with Crippen LogP contribution >= 0.6 is 0 Å². The van der Waals surface area contributed by atoms with E-state index in [1.54, 1.807) is 6.20 Å². The average molecular weight is 302 g/mol.